The second kappa shape index (κ2) is 6.79. The maximum atomic E-state index is 13.1. The predicted octanol–water partition coefficient (Wildman–Crippen LogP) is 4.55. The third kappa shape index (κ3) is 3.65. The Morgan fingerprint density at radius 1 is 1.04 bits per heavy atom. The molecule has 0 amide bonds. The van der Waals surface area contributed by atoms with Crippen molar-refractivity contribution in [3.63, 3.8) is 0 Å². The smallest absolute Gasteiger partial charge is 0.148 e. The average Bonchev–Trinajstić information content (AvgIpc) is 3.15. The minimum absolute atomic E-state index is 0.170. The summed E-state index contributed by atoms with van der Waals surface area (Å²) in [5, 5.41) is 11.9. The van der Waals surface area contributed by atoms with Gasteiger partial charge in [-0.1, -0.05) is 26.0 Å². The minimum Gasteiger partial charge on any atom is -0.368 e. The Hall–Kier alpha value is -3.28. The first-order valence-electron chi connectivity index (χ1n) is 8.78. The first-order valence-corrected chi connectivity index (χ1v) is 8.78. The Morgan fingerprint density at radius 2 is 1.85 bits per heavy atom. The summed E-state index contributed by atoms with van der Waals surface area (Å²) in [5.41, 5.74) is 4.46. The minimum atomic E-state index is -0.226. The lowest BCUT2D eigenvalue weighted by Crippen LogP contribution is -2.28. The molecule has 0 fully saturated rings. The molecule has 0 saturated carbocycles. The summed E-state index contributed by atoms with van der Waals surface area (Å²) in [6, 6.07) is 14.4. The van der Waals surface area contributed by atoms with Crippen molar-refractivity contribution in [3.05, 3.63) is 72.3 Å². The molecular formula is C21H20FN5. The Labute approximate surface area is 156 Å². The van der Waals surface area contributed by atoms with Gasteiger partial charge in [0.15, 0.2) is 0 Å². The molecule has 1 aromatic carbocycles. The van der Waals surface area contributed by atoms with Gasteiger partial charge in [-0.3, -0.25) is 4.98 Å². The number of nitrogens with one attached hydrogen (secondary N) is 2. The monoisotopic (exact) mass is 361 g/mol. The van der Waals surface area contributed by atoms with Crippen LogP contribution in [-0.4, -0.2) is 26.7 Å². The van der Waals surface area contributed by atoms with E-state index in [0.29, 0.717) is 12.4 Å². The highest BCUT2D eigenvalue weighted by atomic mass is 19.1. The van der Waals surface area contributed by atoms with Gasteiger partial charge in [0.1, 0.15) is 11.6 Å². The third-order valence-electron chi connectivity index (χ3n) is 4.70. The number of hydrogen-bond acceptors (Lipinski definition) is 4. The fraction of sp³-hybridized carbons (Fsp3) is 0.190. The molecule has 27 heavy (non-hydrogen) atoms. The SMILES string of the molecule is CC(C)(CNc1ccc(-c2cnc3cc[nH]c3c2)nn1)c1ccc(F)cc1. The van der Waals surface area contributed by atoms with E-state index in [1.807, 2.05) is 42.6 Å². The van der Waals surface area contributed by atoms with Crippen LogP contribution in [0.1, 0.15) is 19.4 Å². The summed E-state index contributed by atoms with van der Waals surface area (Å²) in [5.74, 6) is 0.471. The zero-order valence-electron chi connectivity index (χ0n) is 15.2. The van der Waals surface area contributed by atoms with Gasteiger partial charge in [-0.15, -0.1) is 10.2 Å². The molecule has 0 spiro atoms. The van der Waals surface area contributed by atoms with Crippen molar-refractivity contribution in [2.75, 3.05) is 11.9 Å². The summed E-state index contributed by atoms with van der Waals surface area (Å²) in [6.07, 6.45) is 3.66. The highest BCUT2D eigenvalue weighted by molar-refractivity contribution is 5.79. The molecule has 5 nitrogen and oxygen atoms in total. The standard InChI is InChI=1S/C21H20FN5/c1-21(2,15-3-5-16(22)6-4-15)13-25-20-8-7-17(26-27-20)14-11-19-18(24-12-14)9-10-23-19/h3-12,23H,13H2,1-2H3,(H,25,27). The van der Waals surface area contributed by atoms with Crippen molar-refractivity contribution >= 4 is 16.9 Å². The topological polar surface area (TPSA) is 66.5 Å². The molecule has 0 bridgehead atoms. The predicted molar refractivity (Wildman–Crippen MR) is 105 cm³/mol. The molecule has 4 rings (SSSR count). The summed E-state index contributed by atoms with van der Waals surface area (Å²) >= 11 is 0. The molecule has 4 aromatic rings. The number of rotatable bonds is 5. The van der Waals surface area contributed by atoms with Gasteiger partial charge in [-0.05, 0) is 42.0 Å². The van der Waals surface area contributed by atoms with Crippen LogP contribution in [-0.2, 0) is 5.41 Å². The lowest BCUT2D eigenvalue weighted by molar-refractivity contribution is 0.552. The zero-order valence-corrected chi connectivity index (χ0v) is 15.2. The number of aromatic nitrogens is 4. The Balaban J connectivity index is 1.46. The number of H-pyrrole nitrogens is 1. The molecule has 2 N–H and O–H groups in total. The molecule has 3 aromatic heterocycles. The molecule has 6 heteroatoms. The van der Waals surface area contributed by atoms with E-state index >= 15 is 0 Å². The summed E-state index contributed by atoms with van der Waals surface area (Å²) in [4.78, 5) is 7.56. The number of nitrogens with zero attached hydrogens (tertiary/aromatic N) is 3. The van der Waals surface area contributed by atoms with Crippen LogP contribution in [0, 0.1) is 5.82 Å². The number of aromatic amines is 1. The molecule has 136 valence electrons. The summed E-state index contributed by atoms with van der Waals surface area (Å²) < 4.78 is 13.1. The van der Waals surface area contributed by atoms with E-state index in [9.17, 15) is 4.39 Å². The number of fused-ring (bicyclic) bond motifs is 1. The van der Waals surface area contributed by atoms with Crippen LogP contribution >= 0.6 is 0 Å². The van der Waals surface area contributed by atoms with Gasteiger partial charge in [0, 0.05) is 29.9 Å². The van der Waals surface area contributed by atoms with E-state index in [1.165, 1.54) is 12.1 Å². The Morgan fingerprint density at radius 3 is 2.59 bits per heavy atom. The van der Waals surface area contributed by atoms with E-state index < -0.39 is 0 Å². The Kier molecular flexibility index (Phi) is 4.32. The van der Waals surface area contributed by atoms with E-state index in [1.54, 1.807) is 6.20 Å². The molecule has 0 atom stereocenters. The van der Waals surface area contributed by atoms with Gasteiger partial charge in [0.2, 0.25) is 0 Å². The number of anilines is 1. The number of pyridine rings is 1. The first-order chi connectivity index (χ1) is 13.0. The molecule has 0 unspecified atom stereocenters. The fourth-order valence-corrected chi connectivity index (χ4v) is 2.97. The van der Waals surface area contributed by atoms with Crippen molar-refractivity contribution in [2.24, 2.45) is 0 Å². The molecule has 0 aliphatic rings. The van der Waals surface area contributed by atoms with Crippen molar-refractivity contribution in [2.45, 2.75) is 19.3 Å². The Bertz CT molecular complexity index is 1050. The van der Waals surface area contributed by atoms with Gasteiger partial charge in [0.25, 0.3) is 0 Å². The van der Waals surface area contributed by atoms with Crippen molar-refractivity contribution in [1.82, 2.24) is 20.2 Å². The van der Waals surface area contributed by atoms with Gasteiger partial charge in [-0.25, -0.2) is 4.39 Å². The molecular weight excluding hydrogens is 341 g/mol. The van der Waals surface area contributed by atoms with Crippen molar-refractivity contribution in [3.8, 4) is 11.3 Å². The van der Waals surface area contributed by atoms with E-state index in [0.717, 1.165) is 27.9 Å². The number of benzene rings is 1. The molecule has 3 heterocycles. The van der Waals surface area contributed by atoms with Crippen LogP contribution in [0.3, 0.4) is 0 Å². The number of hydrogen-bond donors (Lipinski definition) is 2. The van der Waals surface area contributed by atoms with Crippen molar-refractivity contribution in [1.29, 1.82) is 0 Å². The summed E-state index contributed by atoms with van der Waals surface area (Å²) in [6.45, 7) is 4.86. The molecule has 0 saturated heterocycles. The average molecular weight is 361 g/mol. The van der Waals surface area contributed by atoms with Gasteiger partial charge < -0.3 is 10.3 Å². The van der Waals surface area contributed by atoms with E-state index in [2.05, 4.69) is 39.3 Å². The van der Waals surface area contributed by atoms with Gasteiger partial charge >= 0.3 is 0 Å². The lowest BCUT2D eigenvalue weighted by atomic mass is 9.84. The lowest BCUT2D eigenvalue weighted by Gasteiger charge is -2.25. The fourth-order valence-electron chi connectivity index (χ4n) is 2.97. The summed E-state index contributed by atoms with van der Waals surface area (Å²) in [7, 11) is 0. The van der Waals surface area contributed by atoms with Crippen molar-refractivity contribution < 1.29 is 4.39 Å². The third-order valence-corrected chi connectivity index (χ3v) is 4.70. The second-order valence-electron chi connectivity index (χ2n) is 7.18. The highest BCUT2D eigenvalue weighted by Crippen LogP contribution is 2.24. The van der Waals surface area contributed by atoms with Crippen LogP contribution in [0.4, 0.5) is 10.2 Å². The first kappa shape index (κ1) is 17.1. The zero-order chi connectivity index (χ0) is 18.9. The van der Waals surface area contributed by atoms with E-state index in [-0.39, 0.29) is 11.2 Å². The van der Waals surface area contributed by atoms with Gasteiger partial charge in [0.05, 0.1) is 16.7 Å². The largest absolute Gasteiger partial charge is 0.368 e. The van der Waals surface area contributed by atoms with Crippen LogP contribution < -0.4 is 5.32 Å². The second-order valence-corrected chi connectivity index (χ2v) is 7.18. The maximum Gasteiger partial charge on any atom is 0.148 e. The highest BCUT2D eigenvalue weighted by Gasteiger charge is 2.20. The molecule has 0 aliphatic heterocycles. The van der Waals surface area contributed by atoms with Gasteiger partial charge in [-0.2, -0.15) is 0 Å². The van der Waals surface area contributed by atoms with Crippen LogP contribution in [0.5, 0.6) is 0 Å². The number of halogens is 1. The quantitative estimate of drug-likeness (QED) is 0.547. The van der Waals surface area contributed by atoms with Crippen LogP contribution in [0.25, 0.3) is 22.3 Å². The van der Waals surface area contributed by atoms with E-state index in [4.69, 9.17) is 0 Å². The van der Waals surface area contributed by atoms with Crippen LogP contribution in [0.2, 0.25) is 0 Å². The van der Waals surface area contributed by atoms with Crippen LogP contribution in [0.15, 0.2) is 60.9 Å². The maximum absolute atomic E-state index is 13.1. The molecule has 0 aliphatic carbocycles. The normalized spacial score (nSPS) is 11.7. The molecule has 0 radical (unpaired) electrons.